The molecule has 1 amide bonds. The minimum absolute atomic E-state index is 0.283. The summed E-state index contributed by atoms with van der Waals surface area (Å²) in [7, 11) is 3.79. The van der Waals surface area contributed by atoms with Gasteiger partial charge in [-0.1, -0.05) is 13.0 Å². The van der Waals surface area contributed by atoms with Gasteiger partial charge < -0.3 is 14.5 Å². The molecular formula is C23H32N4O2. The van der Waals surface area contributed by atoms with Gasteiger partial charge in [-0.2, -0.15) is 0 Å². The molecule has 2 saturated heterocycles. The Kier molecular flexibility index (Phi) is 5.99. The highest BCUT2D eigenvalue weighted by Crippen LogP contribution is 2.36. The Morgan fingerprint density at radius 1 is 1.24 bits per heavy atom. The average molecular weight is 397 g/mol. The lowest BCUT2D eigenvalue weighted by Crippen LogP contribution is -2.43. The summed E-state index contributed by atoms with van der Waals surface area (Å²) in [6.45, 7) is 6.09. The Bertz CT molecular complexity index is 863. The van der Waals surface area contributed by atoms with Gasteiger partial charge >= 0.3 is 0 Å². The number of nitrogens with zero attached hydrogens (tertiary/aromatic N) is 4. The van der Waals surface area contributed by atoms with Crippen LogP contribution in [-0.2, 0) is 4.79 Å². The zero-order valence-electron chi connectivity index (χ0n) is 17.8. The van der Waals surface area contributed by atoms with Crippen LogP contribution in [0.5, 0.6) is 5.88 Å². The summed E-state index contributed by atoms with van der Waals surface area (Å²) in [6.07, 6.45) is 7.72. The molecule has 2 aliphatic rings. The minimum atomic E-state index is 0.283. The fraction of sp³-hybridized carbons (Fsp3) is 0.609. The van der Waals surface area contributed by atoms with Gasteiger partial charge in [0.25, 0.3) is 0 Å². The molecule has 2 aromatic heterocycles. The number of amides is 1. The Hall–Kier alpha value is -2.21. The van der Waals surface area contributed by atoms with Crippen LogP contribution in [0, 0.1) is 11.8 Å². The predicted molar refractivity (Wildman–Crippen MR) is 114 cm³/mol. The number of carbonyl (C=O) groups excluding carboxylic acids is 1. The summed E-state index contributed by atoms with van der Waals surface area (Å²) in [5, 5.41) is 1.08. The van der Waals surface area contributed by atoms with Gasteiger partial charge in [-0.05, 0) is 62.9 Å². The van der Waals surface area contributed by atoms with Gasteiger partial charge in [0.15, 0.2) is 0 Å². The lowest BCUT2D eigenvalue weighted by atomic mass is 9.84. The minimum Gasteiger partial charge on any atom is -0.479 e. The number of hydrogen-bond acceptors (Lipinski definition) is 5. The number of likely N-dealkylation sites (tertiary alicyclic amines) is 2. The number of ether oxygens (including phenoxy) is 1. The molecule has 2 aromatic rings. The first-order chi connectivity index (χ1) is 14.0. The van der Waals surface area contributed by atoms with Crippen LogP contribution in [-0.4, -0.2) is 66.0 Å². The molecule has 4 heterocycles. The van der Waals surface area contributed by atoms with Crippen LogP contribution in [0.2, 0.25) is 0 Å². The van der Waals surface area contributed by atoms with Gasteiger partial charge in [0.2, 0.25) is 11.8 Å². The first kappa shape index (κ1) is 20.1. The van der Waals surface area contributed by atoms with Crippen LogP contribution >= 0.6 is 0 Å². The zero-order chi connectivity index (χ0) is 20.4. The highest BCUT2D eigenvalue weighted by Gasteiger charge is 2.31. The summed E-state index contributed by atoms with van der Waals surface area (Å²) >= 11 is 0. The summed E-state index contributed by atoms with van der Waals surface area (Å²) in [4.78, 5) is 26.6. The topological polar surface area (TPSA) is 58.6 Å². The van der Waals surface area contributed by atoms with Crippen LogP contribution in [0.15, 0.2) is 24.5 Å². The van der Waals surface area contributed by atoms with Crippen molar-refractivity contribution in [3.63, 3.8) is 0 Å². The highest BCUT2D eigenvalue weighted by molar-refractivity contribution is 5.86. The van der Waals surface area contributed by atoms with Crippen molar-refractivity contribution in [1.29, 1.82) is 0 Å². The Labute approximate surface area is 173 Å². The average Bonchev–Trinajstić information content (AvgIpc) is 2.74. The molecule has 0 saturated carbocycles. The van der Waals surface area contributed by atoms with Crippen molar-refractivity contribution in [2.24, 2.45) is 11.8 Å². The monoisotopic (exact) mass is 396 g/mol. The van der Waals surface area contributed by atoms with Gasteiger partial charge in [-0.3, -0.25) is 9.78 Å². The highest BCUT2D eigenvalue weighted by atomic mass is 16.5. The Morgan fingerprint density at radius 2 is 2.03 bits per heavy atom. The summed E-state index contributed by atoms with van der Waals surface area (Å²) < 4.78 is 5.40. The SMILES string of the molecule is COc1ncc(C2CC(C)CN(C(=O)CC3CCN(C)CC3)C2)c2cccnc12. The number of methoxy groups -OCH3 is 1. The molecule has 0 N–H and O–H groups in total. The van der Waals surface area contributed by atoms with E-state index < -0.39 is 0 Å². The van der Waals surface area contributed by atoms with E-state index >= 15 is 0 Å². The second kappa shape index (κ2) is 8.66. The number of fused-ring (bicyclic) bond motifs is 1. The largest absolute Gasteiger partial charge is 0.479 e. The first-order valence-electron chi connectivity index (χ1n) is 10.8. The first-order valence-corrected chi connectivity index (χ1v) is 10.8. The molecule has 2 aliphatic heterocycles. The number of pyridine rings is 2. The van der Waals surface area contributed by atoms with Crippen LogP contribution in [0.3, 0.4) is 0 Å². The maximum absolute atomic E-state index is 13.1. The van der Waals surface area contributed by atoms with Crippen molar-refractivity contribution in [2.45, 2.75) is 38.5 Å². The molecule has 2 unspecified atom stereocenters. The molecule has 6 heteroatoms. The number of hydrogen-bond donors (Lipinski definition) is 0. The molecule has 156 valence electrons. The second-order valence-corrected chi connectivity index (χ2v) is 8.91. The number of rotatable bonds is 4. The van der Waals surface area contributed by atoms with E-state index in [0.29, 0.717) is 30.0 Å². The van der Waals surface area contributed by atoms with Crippen LogP contribution in [0.4, 0.5) is 0 Å². The third-order valence-corrected chi connectivity index (χ3v) is 6.59. The van der Waals surface area contributed by atoms with Gasteiger partial charge in [0.1, 0.15) is 5.52 Å². The predicted octanol–water partition coefficient (Wildman–Crippen LogP) is 3.32. The van der Waals surface area contributed by atoms with Crippen molar-refractivity contribution >= 4 is 16.8 Å². The van der Waals surface area contributed by atoms with E-state index in [1.54, 1.807) is 13.3 Å². The fourth-order valence-electron chi connectivity index (χ4n) is 4.96. The van der Waals surface area contributed by atoms with E-state index in [9.17, 15) is 4.79 Å². The zero-order valence-corrected chi connectivity index (χ0v) is 17.8. The van der Waals surface area contributed by atoms with E-state index in [1.165, 1.54) is 5.56 Å². The Balaban J connectivity index is 1.52. The quantitative estimate of drug-likeness (QED) is 0.793. The van der Waals surface area contributed by atoms with Gasteiger partial charge in [0.05, 0.1) is 7.11 Å². The van der Waals surface area contributed by atoms with Crippen molar-refractivity contribution in [3.8, 4) is 5.88 Å². The van der Waals surface area contributed by atoms with E-state index in [4.69, 9.17) is 4.74 Å². The summed E-state index contributed by atoms with van der Waals surface area (Å²) in [5.41, 5.74) is 1.98. The standard InChI is InChI=1S/C23H32N4O2/c1-16-11-18(20-13-25-23(29-3)22-19(20)5-4-8-24-22)15-27(14-16)21(28)12-17-6-9-26(2)10-7-17/h4-5,8,13,16-18H,6-7,9-12,14-15H2,1-3H3. The number of carbonyl (C=O) groups is 1. The van der Waals surface area contributed by atoms with E-state index in [2.05, 4.69) is 39.8 Å². The lowest BCUT2D eigenvalue weighted by Gasteiger charge is -2.38. The molecular weight excluding hydrogens is 364 g/mol. The van der Waals surface area contributed by atoms with Gasteiger partial charge in [0, 0.05) is 43.2 Å². The summed E-state index contributed by atoms with van der Waals surface area (Å²) in [6, 6.07) is 4.05. The Morgan fingerprint density at radius 3 is 2.79 bits per heavy atom. The van der Waals surface area contributed by atoms with E-state index in [1.807, 2.05) is 12.3 Å². The summed E-state index contributed by atoms with van der Waals surface area (Å²) in [5.74, 6) is 2.17. The third kappa shape index (κ3) is 4.37. The van der Waals surface area contributed by atoms with Crippen molar-refractivity contribution in [3.05, 3.63) is 30.1 Å². The maximum atomic E-state index is 13.1. The maximum Gasteiger partial charge on any atom is 0.240 e. The van der Waals surface area contributed by atoms with Crippen molar-refractivity contribution in [2.75, 3.05) is 40.3 Å². The second-order valence-electron chi connectivity index (χ2n) is 8.91. The molecule has 0 aromatic carbocycles. The molecule has 2 atom stereocenters. The molecule has 29 heavy (non-hydrogen) atoms. The van der Waals surface area contributed by atoms with Gasteiger partial charge in [-0.25, -0.2) is 4.98 Å². The van der Waals surface area contributed by atoms with E-state index in [0.717, 1.165) is 56.3 Å². The molecule has 2 fully saturated rings. The van der Waals surface area contributed by atoms with Crippen LogP contribution in [0.1, 0.15) is 44.1 Å². The molecule has 4 rings (SSSR count). The smallest absolute Gasteiger partial charge is 0.240 e. The molecule has 0 spiro atoms. The molecule has 0 aliphatic carbocycles. The number of piperidine rings is 2. The molecule has 0 bridgehead atoms. The number of aromatic nitrogens is 2. The molecule has 6 nitrogen and oxygen atoms in total. The van der Waals surface area contributed by atoms with Crippen LogP contribution in [0.25, 0.3) is 10.9 Å². The van der Waals surface area contributed by atoms with E-state index in [-0.39, 0.29) is 5.92 Å². The lowest BCUT2D eigenvalue weighted by molar-refractivity contribution is -0.134. The third-order valence-electron chi connectivity index (χ3n) is 6.59. The van der Waals surface area contributed by atoms with Gasteiger partial charge in [-0.15, -0.1) is 0 Å². The van der Waals surface area contributed by atoms with Crippen LogP contribution < -0.4 is 4.74 Å². The normalized spacial score (nSPS) is 24.0. The van der Waals surface area contributed by atoms with Crippen molar-refractivity contribution in [1.82, 2.24) is 19.8 Å². The molecule has 0 radical (unpaired) electrons. The fourth-order valence-corrected chi connectivity index (χ4v) is 4.96. The van der Waals surface area contributed by atoms with Crippen molar-refractivity contribution < 1.29 is 9.53 Å².